The quantitative estimate of drug-likeness (QED) is 0.361. The molecule has 3 aromatic rings. The molecule has 0 radical (unpaired) electrons. The second kappa shape index (κ2) is 11.7. The molecule has 2 N–H and O–H groups in total. The van der Waals surface area contributed by atoms with Crippen molar-refractivity contribution in [1.82, 2.24) is 0 Å². The number of carbonyl (C=O) groups excluding carboxylic acids is 1. The molecule has 0 heterocycles. The molecule has 0 atom stereocenters. The highest BCUT2D eigenvalue weighted by atomic mass is 32.2. The molecular weight excluding hydrogens is 530 g/mol. The lowest BCUT2D eigenvalue weighted by Crippen LogP contribution is -2.37. The molecule has 0 aliphatic heterocycles. The normalized spacial score (nSPS) is 11.6. The number of hydrogen-bond acceptors (Lipinski definition) is 7. The number of rotatable bonds is 11. The van der Waals surface area contributed by atoms with E-state index in [1.165, 1.54) is 44.6 Å². The molecule has 0 unspecified atom stereocenters. The minimum Gasteiger partial charge on any atom is -0.497 e. The summed E-state index contributed by atoms with van der Waals surface area (Å²) in [6, 6.07) is 17.2. The largest absolute Gasteiger partial charge is 0.497 e. The molecule has 204 valence electrons. The summed E-state index contributed by atoms with van der Waals surface area (Å²) >= 11 is 0. The van der Waals surface area contributed by atoms with Gasteiger partial charge in [0.1, 0.15) is 18.0 Å². The average molecular weight is 562 g/mol. The molecule has 0 spiro atoms. The summed E-state index contributed by atoms with van der Waals surface area (Å²) in [6.07, 6.45) is 1.03. The van der Waals surface area contributed by atoms with Crippen LogP contribution >= 0.6 is 0 Å². The van der Waals surface area contributed by atoms with E-state index in [2.05, 4.69) is 10.0 Å². The van der Waals surface area contributed by atoms with E-state index in [0.29, 0.717) is 22.9 Å². The van der Waals surface area contributed by atoms with E-state index >= 15 is 0 Å². The van der Waals surface area contributed by atoms with E-state index in [0.717, 1.165) is 16.1 Å². The van der Waals surface area contributed by atoms with E-state index in [-0.39, 0.29) is 16.5 Å². The fourth-order valence-electron chi connectivity index (χ4n) is 3.57. The molecule has 10 nitrogen and oxygen atoms in total. The Morgan fingerprint density at radius 3 is 2.05 bits per heavy atom. The van der Waals surface area contributed by atoms with Crippen LogP contribution in [0.2, 0.25) is 0 Å². The Bertz CT molecular complexity index is 1490. The van der Waals surface area contributed by atoms with Crippen molar-refractivity contribution in [2.45, 2.75) is 24.7 Å². The van der Waals surface area contributed by atoms with Gasteiger partial charge in [0, 0.05) is 11.8 Å². The number of hydrogen-bond donors (Lipinski definition) is 2. The average Bonchev–Trinajstić information content (AvgIpc) is 2.86. The van der Waals surface area contributed by atoms with Crippen molar-refractivity contribution in [1.29, 1.82) is 0 Å². The highest BCUT2D eigenvalue weighted by Gasteiger charge is 2.22. The van der Waals surface area contributed by atoms with Crippen molar-refractivity contribution in [3.63, 3.8) is 0 Å². The molecule has 0 bridgehead atoms. The van der Waals surface area contributed by atoms with Gasteiger partial charge in [-0.15, -0.1) is 0 Å². The van der Waals surface area contributed by atoms with Gasteiger partial charge in [0.15, 0.2) is 0 Å². The van der Waals surface area contributed by atoms with E-state index in [1.807, 2.05) is 26.0 Å². The van der Waals surface area contributed by atoms with Crippen molar-refractivity contribution in [3.05, 3.63) is 72.3 Å². The van der Waals surface area contributed by atoms with Crippen molar-refractivity contribution >= 4 is 43.0 Å². The molecular formula is C26H31N3O7S2. The number of nitrogens with zero attached hydrogens (tertiary/aromatic N) is 1. The number of benzene rings is 3. The number of ether oxygens (including phenoxy) is 2. The summed E-state index contributed by atoms with van der Waals surface area (Å²) in [5, 5.41) is 2.61. The molecule has 0 saturated carbocycles. The summed E-state index contributed by atoms with van der Waals surface area (Å²) in [4.78, 5) is 12.6. The Morgan fingerprint density at radius 1 is 0.895 bits per heavy atom. The van der Waals surface area contributed by atoms with E-state index in [4.69, 9.17) is 9.47 Å². The third-order valence-corrected chi connectivity index (χ3v) is 8.16. The van der Waals surface area contributed by atoms with Crippen LogP contribution in [0.3, 0.4) is 0 Å². The van der Waals surface area contributed by atoms with Crippen LogP contribution in [0.4, 0.5) is 17.1 Å². The van der Waals surface area contributed by atoms with Gasteiger partial charge in [-0.3, -0.25) is 13.8 Å². The predicted octanol–water partition coefficient (Wildman–Crippen LogP) is 4.03. The molecule has 3 rings (SSSR count). The number of nitrogens with one attached hydrogen (secondary N) is 2. The zero-order valence-corrected chi connectivity index (χ0v) is 23.4. The summed E-state index contributed by atoms with van der Waals surface area (Å²) in [6.45, 7) is 3.61. The third kappa shape index (κ3) is 7.17. The topological polar surface area (TPSA) is 131 Å². The summed E-state index contributed by atoms with van der Waals surface area (Å²) in [5.41, 5.74) is 1.91. The Hall–Kier alpha value is -3.77. The van der Waals surface area contributed by atoms with Crippen LogP contribution < -0.4 is 23.8 Å². The first-order valence-corrected chi connectivity index (χ1v) is 14.9. The first-order valence-electron chi connectivity index (χ1n) is 11.6. The fourth-order valence-corrected chi connectivity index (χ4v) is 5.49. The Morgan fingerprint density at radius 2 is 1.53 bits per heavy atom. The van der Waals surface area contributed by atoms with Crippen molar-refractivity contribution in [2.75, 3.05) is 41.4 Å². The number of methoxy groups -OCH3 is 2. The maximum absolute atomic E-state index is 12.9. The van der Waals surface area contributed by atoms with E-state index < -0.39 is 32.5 Å². The van der Waals surface area contributed by atoms with Crippen LogP contribution in [0.15, 0.2) is 71.6 Å². The summed E-state index contributed by atoms with van der Waals surface area (Å²) in [5.74, 6) is 0.449. The van der Waals surface area contributed by atoms with Gasteiger partial charge in [-0.05, 0) is 60.0 Å². The zero-order valence-electron chi connectivity index (χ0n) is 21.8. The number of amides is 1. The van der Waals surface area contributed by atoms with Crippen molar-refractivity contribution < 1.29 is 31.1 Å². The molecule has 1 amide bonds. The number of sulfonamides is 2. The number of anilines is 3. The van der Waals surface area contributed by atoms with E-state index in [1.54, 1.807) is 24.3 Å². The van der Waals surface area contributed by atoms with Gasteiger partial charge >= 0.3 is 0 Å². The van der Waals surface area contributed by atoms with Crippen LogP contribution in [0.25, 0.3) is 0 Å². The Labute approximate surface area is 223 Å². The molecule has 0 saturated heterocycles. The third-order valence-electron chi connectivity index (χ3n) is 5.63. The lowest BCUT2D eigenvalue weighted by Gasteiger charge is -2.22. The second-order valence-electron chi connectivity index (χ2n) is 8.76. The molecule has 38 heavy (non-hydrogen) atoms. The van der Waals surface area contributed by atoms with Gasteiger partial charge in [0.05, 0.1) is 36.7 Å². The molecule has 0 fully saturated rings. The molecule has 0 aliphatic rings. The van der Waals surface area contributed by atoms with E-state index in [9.17, 15) is 21.6 Å². The fraction of sp³-hybridized carbons (Fsp3) is 0.269. The van der Waals surface area contributed by atoms with Crippen LogP contribution in [0, 0.1) is 0 Å². The smallest absolute Gasteiger partial charge is 0.262 e. The molecule has 0 aliphatic carbocycles. The lowest BCUT2D eigenvalue weighted by atomic mass is 10.0. The van der Waals surface area contributed by atoms with Crippen molar-refractivity contribution in [2.24, 2.45) is 0 Å². The molecule has 12 heteroatoms. The van der Waals surface area contributed by atoms with Gasteiger partial charge < -0.3 is 14.8 Å². The predicted molar refractivity (Wildman–Crippen MR) is 148 cm³/mol. The van der Waals surface area contributed by atoms with Gasteiger partial charge in [-0.25, -0.2) is 16.8 Å². The maximum atomic E-state index is 12.9. The summed E-state index contributed by atoms with van der Waals surface area (Å²) < 4.78 is 64.4. The van der Waals surface area contributed by atoms with Gasteiger partial charge in [-0.2, -0.15) is 0 Å². The standard InChI is InChI=1S/C26H31N3O7S2/c1-18(2)19-6-10-21(11-7-19)29(37(5,31)32)17-26(30)27-20-8-13-23(14-9-20)38(33,34)28-24-16-22(35-3)12-15-25(24)36-4/h6-16,18,28H,17H2,1-5H3,(H,27,30). The first kappa shape index (κ1) is 28.8. The molecule has 0 aromatic heterocycles. The monoisotopic (exact) mass is 561 g/mol. The molecule has 3 aromatic carbocycles. The van der Waals surface area contributed by atoms with Crippen LogP contribution in [0.5, 0.6) is 11.5 Å². The van der Waals surface area contributed by atoms with Crippen molar-refractivity contribution in [3.8, 4) is 11.5 Å². The Balaban J connectivity index is 1.73. The Kier molecular flexibility index (Phi) is 8.89. The van der Waals surface area contributed by atoms with Gasteiger partial charge in [-0.1, -0.05) is 26.0 Å². The SMILES string of the molecule is COc1ccc(OC)c(NS(=O)(=O)c2ccc(NC(=O)CN(c3ccc(C(C)C)cc3)S(C)(=O)=O)cc2)c1. The van der Waals surface area contributed by atoms with Crippen LogP contribution in [0.1, 0.15) is 25.3 Å². The first-order chi connectivity index (χ1) is 17.8. The van der Waals surface area contributed by atoms with Crippen LogP contribution in [-0.2, 0) is 24.8 Å². The highest BCUT2D eigenvalue weighted by Crippen LogP contribution is 2.31. The maximum Gasteiger partial charge on any atom is 0.262 e. The minimum atomic E-state index is -3.99. The summed E-state index contributed by atoms with van der Waals surface area (Å²) in [7, 11) is -4.84. The second-order valence-corrected chi connectivity index (χ2v) is 12.3. The minimum absolute atomic E-state index is 0.0524. The highest BCUT2D eigenvalue weighted by molar-refractivity contribution is 7.92. The number of carbonyl (C=O) groups is 1. The lowest BCUT2D eigenvalue weighted by molar-refractivity contribution is -0.114. The van der Waals surface area contributed by atoms with Gasteiger partial charge in [0.25, 0.3) is 10.0 Å². The van der Waals surface area contributed by atoms with Crippen LogP contribution in [-0.4, -0.2) is 49.8 Å². The zero-order chi connectivity index (χ0) is 28.1. The van der Waals surface area contributed by atoms with Gasteiger partial charge in [0.2, 0.25) is 15.9 Å².